The summed E-state index contributed by atoms with van der Waals surface area (Å²) < 4.78 is 5.13. The molecule has 82 valence electrons. The lowest BCUT2D eigenvalue weighted by Gasteiger charge is -2.10. The predicted molar refractivity (Wildman–Crippen MR) is 54.4 cm³/mol. The van der Waals surface area contributed by atoms with Gasteiger partial charge < -0.3 is 15.8 Å². The molecule has 0 aliphatic carbocycles. The SMILES string of the molecule is Nc1cn[nH]c1NC(=O)NC1CCOC1. The number of nitrogen functional groups attached to an aromatic ring is 1. The Labute approximate surface area is 86.4 Å². The number of nitrogens with zero attached hydrogens (tertiary/aromatic N) is 1. The third-order valence-corrected chi connectivity index (χ3v) is 2.17. The summed E-state index contributed by atoms with van der Waals surface area (Å²) in [6.45, 7) is 1.25. The van der Waals surface area contributed by atoms with Gasteiger partial charge in [-0.05, 0) is 6.42 Å². The maximum Gasteiger partial charge on any atom is 0.320 e. The number of ether oxygens (including phenoxy) is 1. The second-order valence-corrected chi connectivity index (χ2v) is 3.36. The normalized spacial score (nSPS) is 20.1. The van der Waals surface area contributed by atoms with E-state index in [0.717, 1.165) is 6.42 Å². The molecule has 2 rings (SSSR count). The number of urea groups is 1. The van der Waals surface area contributed by atoms with E-state index in [1.807, 2.05) is 0 Å². The number of hydrogen-bond donors (Lipinski definition) is 4. The first kappa shape index (κ1) is 9.78. The molecule has 1 fully saturated rings. The molecule has 5 N–H and O–H groups in total. The van der Waals surface area contributed by atoms with Gasteiger partial charge in [0.05, 0.1) is 24.5 Å². The van der Waals surface area contributed by atoms with E-state index in [1.54, 1.807) is 0 Å². The summed E-state index contributed by atoms with van der Waals surface area (Å²) in [6.07, 6.45) is 2.28. The van der Waals surface area contributed by atoms with Crippen LogP contribution in [-0.4, -0.2) is 35.5 Å². The molecule has 1 unspecified atom stereocenters. The van der Waals surface area contributed by atoms with E-state index in [4.69, 9.17) is 10.5 Å². The summed E-state index contributed by atoms with van der Waals surface area (Å²) in [6, 6.07) is -0.226. The minimum Gasteiger partial charge on any atom is -0.394 e. The summed E-state index contributed by atoms with van der Waals surface area (Å²) >= 11 is 0. The third kappa shape index (κ3) is 2.38. The fourth-order valence-corrected chi connectivity index (χ4v) is 1.38. The molecular formula is C8H13N5O2. The molecule has 7 nitrogen and oxygen atoms in total. The van der Waals surface area contributed by atoms with Crippen molar-refractivity contribution in [1.82, 2.24) is 15.5 Å². The van der Waals surface area contributed by atoms with Gasteiger partial charge in [-0.1, -0.05) is 0 Å². The summed E-state index contributed by atoms with van der Waals surface area (Å²) in [5.41, 5.74) is 5.95. The molecule has 15 heavy (non-hydrogen) atoms. The molecule has 2 heterocycles. The first-order chi connectivity index (χ1) is 7.25. The number of aromatic nitrogens is 2. The van der Waals surface area contributed by atoms with Crippen LogP contribution in [-0.2, 0) is 4.74 Å². The number of aromatic amines is 1. The number of carbonyl (C=O) groups is 1. The topological polar surface area (TPSA) is 105 Å². The smallest absolute Gasteiger partial charge is 0.320 e. The van der Waals surface area contributed by atoms with Gasteiger partial charge >= 0.3 is 6.03 Å². The second-order valence-electron chi connectivity index (χ2n) is 3.36. The minimum atomic E-state index is -0.304. The molecule has 1 saturated heterocycles. The van der Waals surface area contributed by atoms with Crippen LogP contribution in [0.1, 0.15) is 6.42 Å². The Bertz CT molecular complexity index is 345. The van der Waals surface area contributed by atoms with E-state index >= 15 is 0 Å². The van der Waals surface area contributed by atoms with Gasteiger partial charge in [-0.15, -0.1) is 0 Å². The molecule has 1 aromatic rings. The number of anilines is 2. The van der Waals surface area contributed by atoms with Gasteiger partial charge in [0.2, 0.25) is 0 Å². The molecule has 2 amide bonds. The van der Waals surface area contributed by atoms with Crippen LogP contribution in [0.3, 0.4) is 0 Å². The van der Waals surface area contributed by atoms with Crippen molar-refractivity contribution >= 4 is 17.5 Å². The second kappa shape index (κ2) is 4.18. The maximum atomic E-state index is 11.4. The van der Waals surface area contributed by atoms with Gasteiger partial charge in [-0.2, -0.15) is 5.10 Å². The third-order valence-electron chi connectivity index (χ3n) is 2.17. The van der Waals surface area contributed by atoms with Crippen LogP contribution >= 0.6 is 0 Å². The van der Waals surface area contributed by atoms with E-state index in [9.17, 15) is 4.79 Å². The zero-order chi connectivity index (χ0) is 10.7. The van der Waals surface area contributed by atoms with Crippen LogP contribution in [0.2, 0.25) is 0 Å². The number of nitrogens with two attached hydrogens (primary N) is 1. The van der Waals surface area contributed by atoms with E-state index in [0.29, 0.717) is 24.7 Å². The zero-order valence-electron chi connectivity index (χ0n) is 8.12. The van der Waals surface area contributed by atoms with Crippen LogP contribution in [0.5, 0.6) is 0 Å². The number of nitrogens with one attached hydrogen (secondary N) is 3. The number of rotatable bonds is 2. The van der Waals surface area contributed by atoms with E-state index < -0.39 is 0 Å². The Morgan fingerprint density at radius 3 is 3.20 bits per heavy atom. The number of carbonyl (C=O) groups excluding carboxylic acids is 1. The minimum absolute atomic E-state index is 0.0779. The molecule has 1 aromatic heterocycles. The average molecular weight is 211 g/mol. The van der Waals surface area contributed by atoms with Crippen molar-refractivity contribution in [3.8, 4) is 0 Å². The number of H-pyrrole nitrogens is 1. The first-order valence-corrected chi connectivity index (χ1v) is 4.70. The highest BCUT2D eigenvalue weighted by Gasteiger charge is 2.18. The Morgan fingerprint density at radius 1 is 1.73 bits per heavy atom. The predicted octanol–water partition coefficient (Wildman–Crippen LogP) is -0.0977. The molecular weight excluding hydrogens is 198 g/mol. The number of hydrogen-bond acceptors (Lipinski definition) is 4. The molecule has 0 radical (unpaired) electrons. The van der Waals surface area contributed by atoms with Crippen LogP contribution in [0.15, 0.2) is 6.20 Å². The van der Waals surface area contributed by atoms with Crippen molar-refractivity contribution in [2.75, 3.05) is 24.3 Å². The summed E-state index contributed by atoms with van der Waals surface area (Å²) in [5, 5.41) is 11.6. The van der Waals surface area contributed by atoms with Gasteiger partial charge in [0.1, 0.15) is 0 Å². The first-order valence-electron chi connectivity index (χ1n) is 4.70. The average Bonchev–Trinajstić information content (AvgIpc) is 2.79. The Kier molecular flexibility index (Phi) is 2.72. The van der Waals surface area contributed by atoms with Gasteiger partial charge in [-0.3, -0.25) is 10.4 Å². The molecule has 1 aliphatic rings. The van der Waals surface area contributed by atoms with Crippen molar-refractivity contribution in [2.24, 2.45) is 0 Å². The quantitative estimate of drug-likeness (QED) is 0.548. The molecule has 1 aliphatic heterocycles. The number of amides is 2. The van der Waals surface area contributed by atoms with Gasteiger partial charge in [0, 0.05) is 6.61 Å². The lowest BCUT2D eigenvalue weighted by Crippen LogP contribution is -2.38. The van der Waals surface area contributed by atoms with E-state index in [2.05, 4.69) is 20.8 Å². The van der Waals surface area contributed by atoms with Crippen molar-refractivity contribution < 1.29 is 9.53 Å². The summed E-state index contributed by atoms with van der Waals surface area (Å²) in [5.74, 6) is 0.409. The highest BCUT2D eigenvalue weighted by molar-refractivity contribution is 5.91. The van der Waals surface area contributed by atoms with Crippen LogP contribution in [0.4, 0.5) is 16.3 Å². The van der Waals surface area contributed by atoms with Crippen LogP contribution in [0.25, 0.3) is 0 Å². The summed E-state index contributed by atoms with van der Waals surface area (Å²) in [7, 11) is 0. The molecule has 0 bridgehead atoms. The fraction of sp³-hybridized carbons (Fsp3) is 0.500. The highest BCUT2D eigenvalue weighted by Crippen LogP contribution is 2.12. The lowest BCUT2D eigenvalue weighted by molar-refractivity contribution is 0.189. The lowest BCUT2D eigenvalue weighted by atomic mass is 10.3. The molecule has 0 spiro atoms. The molecule has 0 aromatic carbocycles. The fourth-order valence-electron chi connectivity index (χ4n) is 1.38. The van der Waals surface area contributed by atoms with Crippen molar-refractivity contribution in [3.63, 3.8) is 0 Å². The van der Waals surface area contributed by atoms with E-state index in [1.165, 1.54) is 6.20 Å². The Balaban J connectivity index is 1.84. The Morgan fingerprint density at radius 2 is 2.60 bits per heavy atom. The zero-order valence-corrected chi connectivity index (χ0v) is 8.12. The van der Waals surface area contributed by atoms with Gasteiger partial charge in [0.15, 0.2) is 5.82 Å². The van der Waals surface area contributed by atoms with Gasteiger partial charge in [-0.25, -0.2) is 4.79 Å². The standard InChI is InChI=1S/C8H13N5O2/c9-6-3-10-13-7(6)12-8(14)11-5-1-2-15-4-5/h3,5H,1-2,4,9H2,(H3,10,11,12,13,14). The van der Waals surface area contributed by atoms with Gasteiger partial charge in [0.25, 0.3) is 0 Å². The maximum absolute atomic E-state index is 11.4. The largest absolute Gasteiger partial charge is 0.394 e. The molecule has 7 heteroatoms. The summed E-state index contributed by atoms with van der Waals surface area (Å²) in [4.78, 5) is 11.4. The molecule has 0 saturated carbocycles. The highest BCUT2D eigenvalue weighted by atomic mass is 16.5. The van der Waals surface area contributed by atoms with Crippen LogP contribution in [0, 0.1) is 0 Å². The van der Waals surface area contributed by atoms with Crippen molar-refractivity contribution in [1.29, 1.82) is 0 Å². The van der Waals surface area contributed by atoms with E-state index in [-0.39, 0.29) is 12.1 Å². The monoisotopic (exact) mass is 211 g/mol. The van der Waals surface area contributed by atoms with Crippen molar-refractivity contribution in [3.05, 3.63) is 6.20 Å². The molecule has 1 atom stereocenters. The Hall–Kier alpha value is -1.76. The van der Waals surface area contributed by atoms with Crippen LogP contribution < -0.4 is 16.4 Å². The van der Waals surface area contributed by atoms with Crippen molar-refractivity contribution in [2.45, 2.75) is 12.5 Å².